The van der Waals surface area contributed by atoms with E-state index in [4.69, 9.17) is 11.6 Å². The smallest absolute Gasteiger partial charge is 0.243 e. The summed E-state index contributed by atoms with van der Waals surface area (Å²) in [5.41, 5.74) is 1.85. The monoisotopic (exact) mass is 506 g/mol. The zero-order valence-electron chi connectivity index (χ0n) is 19.7. The predicted molar refractivity (Wildman–Crippen MR) is 144 cm³/mol. The van der Waals surface area contributed by atoms with Crippen molar-refractivity contribution in [3.8, 4) is 0 Å². The van der Waals surface area contributed by atoms with Crippen LogP contribution in [0.1, 0.15) is 36.8 Å². The van der Waals surface area contributed by atoms with E-state index in [1.165, 1.54) is 11.8 Å². The molecule has 1 fully saturated rings. The van der Waals surface area contributed by atoms with Gasteiger partial charge in [0.2, 0.25) is 11.8 Å². The van der Waals surface area contributed by atoms with E-state index in [2.05, 4.69) is 5.32 Å². The van der Waals surface area contributed by atoms with E-state index >= 15 is 0 Å². The zero-order chi connectivity index (χ0) is 24.5. The van der Waals surface area contributed by atoms with E-state index in [0.29, 0.717) is 11.4 Å². The molecule has 0 saturated heterocycles. The molecule has 1 N–H and O–H groups in total. The number of halogens is 1. The van der Waals surface area contributed by atoms with Crippen molar-refractivity contribution >= 4 is 35.2 Å². The summed E-state index contributed by atoms with van der Waals surface area (Å²) in [7, 11) is 0. The fourth-order valence-corrected chi connectivity index (χ4v) is 5.48. The second-order valence-electron chi connectivity index (χ2n) is 8.91. The summed E-state index contributed by atoms with van der Waals surface area (Å²) < 4.78 is 0. The first kappa shape index (κ1) is 25.3. The highest BCUT2D eigenvalue weighted by molar-refractivity contribution is 8.00. The van der Waals surface area contributed by atoms with E-state index in [-0.39, 0.29) is 30.2 Å². The normalized spacial score (nSPS) is 14.4. The molecular formula is C29H31ClN2O2S. The largest absolute Gasteiger partial charge is 0.352 e. The van der Waals surface area contributed by atoms with Gasteiger partial charge in [-0.1, -0.05) is 91.2 Å². The van der Waals surface area contributed by atoms with Gasteiger partial charge < -0.3 is 10.2 Å². The van der Waals surface area contributed by atoms with Gasteiger partial charge in [-0.2, -0.15) is 0 Å². The summed E-state index contributed by atoms with van der Waals surface area (Å²) in [6.07, 6.45) is 4.69. The lowest BCUT2D eigenvalue weighted by atomic mass is 10.0. The van der Waals surface area contributed by atoms with Crippen LogP contribution in [-0.4, -0.2) is 34.6 Å². The Morgan fingerprint density at radius 3 is 2.23 bits per heavy atom. The Bertz CT molecular complexity index is 1100. The lowest BCUT2D eigenvalue weighted by molar-refractivity contribution is -0.139. The van der Waals surface area contributed by atoms with Crippen LogP contribution in [0.4, 0.5) is 0 Å². The van der Waals surface area contributed by atoms with Crippen LogP contribution in [0.3, 0.4) is 0 Å². The number of carbonyl (C=O) groups is 2. The van der Waals surface area contributed by atoms with E-state index < -0.39 is 6.04 Å². The molecule has 0 aliphatic heterocycles. The summed E-state index contributed by atoms with van der Waals surface area (Å²) in [6.45, 7) is 0.281. The number of hydrogen-bond acceptors (Lipinski definition) is 3. The number of amides is 2. The third-order valence-electron chi connectivity index (χ3n) is 6.38. The second kappa shape index (κ2) is 12.8. The Kier molecular flexibility index (Phi) is 9.27. The maximum Gasteiger partial charge on any atom is 0.243 e. The fraction of sp³-hybridized carbons (Fsp3) is 0.310. The average Bonchev–Trinajstić information content (AvgIpc) is 3.40. The second-order valence-corrected chi connectivity index (χ2v) is 10.4. The lowest BCUT2D eigenvalue weighted by Crippen LogP contribution is -2.52. The van der Waals surface area contributed by atoms with Gasteiger partial charge in [-0.05, 0) is 42.2 Å². The van der Waals surface area contributed by atoms with Crippen molar-refractivity contribution in [1.29, 1.82) is 0 Å². The van der Waals surface area contributed by atoms with Crippen LogP contribution in [0.2, 0.25) is 5.02 Å². The van der Waals surface area contributed by atoms with Gasteiger partial charge in [0, 0.05) is 28.9 Å². The molecule has 0 spiro atoms. The van der Waals surface area contributed by atoms with Gasteiger partial charge in [0.05, 0.1) is 5.75 Å². The Balaban J connectivity index is 1.61. The van der Waals surface area contributed by atoms with E-state index in [1.54, 1.807) is 4.90 Å². The Morgan fingerprint density at radius 1 is 0.914 bits per heavy atom. The quantitative estimate of drug-likeness (QED) is 0.336. The fourth-order valence-electron chi connectivity index (χ4n) is 4.48. The van der Waals surface area contributed by atoms with Crippen molar-refractivity contribution in [3.05, 3.63) is 101 Å². The van der Waals surface area contributed by atoms with E-state index in [9.17, 15) is 9.59 Å². The summed E-state index contributed by atoms with van der Waals surface area (Å²) in [4.78, 5) is 30.1. The molecule has 0 radical (unpaired) electrons. The third kappa shape index (κ3) is 7.36. The Hall–Kier alpha value is -2.76. The number of carbonyl (C=O) groups excluding carboxylic acids is 2. The molecule has 0 aromatic heterocycles. The summed E-state index contributed by atoms with van der Waals surface area (Å²) in [6, 6.07) is 26.8. The number of rotatable bonds is 10. The van der Waals surface area contributed by atoms with Crippen LogP contribution in [0.15, 0.2) is 89.8 Å². The lowest BCUT2D eigenvalue weighted by Gasteiger charge is -2.32. The maximum absolute atomic E-state index is 13.7. The van der Waals surface area contributed by atoms with Crippen molar-refractivity contribution in [2.24, 2.45) is 0 Å². The van der Waals surface area contributed by atoms with Crippen LogP contribution in [0.5, 0.6) is 0 Å². The molecule has 1 unspecified atom stereocenters. The van der Waals surface area contributed by atoms with E-state index in [1.807, 2.05) is 84.9 Å². The molecule has 4 rings (SSSR count). The van der Waals surface area contributed by atoms with E-state index in [0.717, 1.165) is 41.7 Å². The standard InChI is InChI=1S/C29H31ClN2O2S/c30-26-18-10-7-13-23(26)20-32(28(33)21-35-25-16-5-2-6-17-25)27(19-22-11-3-1-4-12-22)29(34)31-24-14-8-9-15-24/h1-7,10-13,16-18,24,27H,8-9,14-15,19-21H2,(H,31,34). The zero-order valence-corrected chi connectivity index (χ0v) is 21.3. The van der Waals surface area contributed by atoms with Crippen molar-refractivity contribution in [2.45, 2.75) is 55.6 Å². The number of nitrogens with zero attached hydrogens (tertiary/aromatic N) is 1. The van der Waals surface area contributed by atoms with Crippen LogP contribution in [0, 0.1) is 0 Å². The average molecular weight is 507 g/mol. The van der Waals surface area contributed by atoms with Gasteiger partial charge in [0.15, 0.2) is 0 Å². The summed E-state index contributed by atoms with van der Waals surface area (Å²) in [5.74, 6) is 0.0726. The van der Waals surface area contributed by atoms with Gasteiger partial charge in [-0.3, -0.25) is 9.59 Å². The molecule has 1 atom stereocenters. The first-order valence-electron chi connectivity index (χ1n) is 12.1. The van der Waals surface area contributed by atoms with Gasteiger partial charge in [-0.25, -0.2) is 0 Å². The molecule has 4 nitrogen and oxygen atoms in total. The molecule has 1 aliphatic carbocycles. The van der Waals surface area contributed by atoms with Gasteiger partial charge in [-0.15, -0.1) is 11.8 Å². The van der Waals surface area contributed by atoms with Crippen LogP contribution in [-0.2, 0) is 22.6 Å². The molecular weight excluding hydrogens is 476 g/mol. The molecule has 35 heavy (non-hydrogen) atoms. The highest BCUT2D eigenvalue weighted by Gasteiger charge is 2.32. The molecule has 0 heterocycles. The number of thioether (sulfide) groups is 1. The molecule has 1 aliphatic rings. The Labute approximate surface area is 217 Å². The van der Waals surface area contributed by atoms with Gasteiger partial charge in [0.25, 0.3) is 0 Å². The maximum atomic E-state index is 13.7. The minimum absolute atomic E-state index is 0.0822. The minimum atomic E-state index is -0.627. The van der Waals surface area contributed by atoms with Crippen molar-refractivity contribution < 1.29 is 9.59 Å². The third-order valence-corrected chi connectivity index (χ3v) is 7.74. The minimum Gasteiger partial charge on any atom is -0.352 e. The molecule has 182 valence electrons. The molecule has 1 saturated carbocycles. The van der Waals surface area contributed by atoms with Crippen molar-refractivity contribution in [3.63, 3.8) is 0 Å². The summed E-state index contributed by atoms with van der Waals surface area (Å²) in [5, 5.41) is 3.83. The topological polar surface area (TPSA) is 49.4 Å². The molecule has 6 heteroatoms. The molecule has 3 aromatic rings. The van der Waals surface area contributed by atoms with Crippen molar-refractivity contribution in [1.82, 2.24) is 10.2 Å². The highest BCUT2D eigenvalue weighted by atomic mass is 35.5. The number of benzene rings is 3. The molecule has 2 amide bonds. The van der Waals surface area contributed by atoms with Gasteiger partial charge in [0.1, 0.15) is 6.04 Å². The van der Waals surface area contributed by atoms with Crippen LogP contribution in [0.25, 0.3) is 0 Å². The van der Waals surface area contributed by atoms with Crippen LogP contribution < -0.4 is 5.32 Å². The first-order valence-corrected chi connectivity index (χ1v) is 13.5. The molecule has 3 aromatic carbocycles. The Morgan fingerprint density at radius 2 is 1.54 bits per heavy atom. The SMILES string of the molecule is O=C(NC1CCCC1)C(Cc1ccccc1)N(Cc1ccccc1Cl)C(=O)CSc1ccccc1. The molecule has 0 bridgehead atoms. The van der Waals surface area contributed by atoms with Crippen LogP contribution >= 0.6 is 23.4 Å². The summed E-state index contributed by atoms with van der Waals surface area (Å²) >= 11 is 7.97. The van der Waals surface area contributed by atoms with Crippen molar-refractivity contribution in [2.75, 3.05) is 5.75 Å². The number of nitrogens with one attached hydrogen (secondary N) is 1. The highest BCUT2D eigenvalue weighted by Crippen LogP contribution is 2.24. The van der Waals surface area contributed by atoms with Gasteiger partial charge >= 0.3 is 0 Å². The first-order chi connectivity index (χ1) is 17.1. The number of hydrogen-bond donors (Lipinski definition) is 1. The predicted octanol–water partition coefficient (Wildman–Crippen LogP) is 6.13.